The maximum absolute atomic E-state index is 13.6. The lowest BCUT2D eigenvalue weighted by atomic mass is 10.1. The number of hydrogen-bond donors (Lipinski definition) is 2. The van der Waals surface area contributed by atoms with Crippen molar-refractivity contribution < 1.29 is 45.4 Å². The van der Waals surface area contributed by atoms with E-state index in [9.17, 15) is 35.9 Å². The number of thiazole rings is 1. The number of anilines is 1. The summed E-state index contributed by atoms with van der Waals surface area (Å²) in [5.74, 6) is -3.67. The number of hydrogen-bond acceptors (Lipinski definition) is 7. The minimum Gasteiger partial charge on any atom is -0.466 e. The van der Waals surface area contributed by atoms with E-state index in [2.05, 4.69) is 14.5 Å². The number of halogens is 6. The van der Waals surface area contributed by atoms with Crippen LogP contribution in [0.3, 0.4) is 0 Å². The quantitative estimate of drug-likeness (QED) is 0.430. The van der Waals surface area contributed by atoms with Gasteiger partial charge in [0.1, 0.15) is 5.75 Å². The van der Waals surface area contributed by atoms with E-state index in [0.717, 1.165) is 25.1 Å². The largest absolute Gasteiger partial charge is 0.573 e. The van der Waals surface area contributed by atoms with Crippen molar-refractivity contribution in [2.75, 3.05) is 12.4 Å². The zero-order valence-electron chi connectivity index (χ0n) is 14.0. The molecule has 0 bridgehead atoms. The number of benzene rings is 1. The van der Waals surface area contributed by atoms with Gasteiger partial charge in [-0.25, -0.2) is 9.78 Å². The molecule has 154 valence electrons. The molecule has 0 aliphatic carbocycles. The average Bonchev–Trinajstić information content (AvgIpc) is 2.91. The second kappa shape index (κ2) is 7.33. The standard InChI is InChI=1S/C14H11F6N3O4S/c1-6(24)22-12(10(25)26-2,13(15,16)17)23-11-21-8-4-3-7(5-9(8)28-11)27-14(18,19)20/h3-5H,1-2H3,(H,21,23)(H,22,24)/t12-/m1/s1. The fourth-order valence-corrected chi connectivity index (χ4v) is 3.07. The van der Waals surface area contributed by atoms with Crippen LogP contribution >= 0.6 is 11.3 Å². The molecule has 28 heavy (non-hydrogen) atoms. The van der Waals surface area contributed by atoms with E-state index in [-0.39, 0.29) is 10.2 Å². The van der Waals surface area contributed by atoms with Crippen molar-refractivity contribution in [3.05, 3.63) is 18.2 Å². The van der Waals surface area contributed by atoms with Gasteiger partial charge >= 0.3 is 24.2 Å². The van der Waals surface area contributed by atoms with Crippen LogP contribution in [0.5, 0.6) is 5.75 Å². The summed E-state index contributed by atoms with van der Waals surface area (Å²) in [6, 6.07) is 2.92. The summed E-state index contributed by atoms with van der Waals surface area (Å²) in [5, 5.41) is 2.74. The van der Waals surface area contributed by atoms with Crippen LogP contribution in [0.25, 0.3) is 10.2 Å². The molecule has 1 aromatic carbocycles. The number of nitrogens with one attached hydrogen (secondary N) is 2. The highest BCUT2D eigenvalue weighted by molar-refractivity contribution is 7.22. The van der Waals surface area contributed by atoms with Crippen molar-refractivity contribution in [3.63, 3.8) is 0 Å². The van der Waals surface area contributed by atoms with Gasteiger partial charge in [-0.3, -0.25) is 4.79 Å². The molecule has 0 aliphatic heterocycles. The first-order valence-corrected chi connectivity index (χ1v) is 7.97. The number of ether oxygens (including phenoxy) is 2. The number of esters is 1. The van der Waals surface area contributed by atoms with Crippen molar-refractivity contribution in [1.82, 2.24) is 10.3 Å². The predicted octanol–water partition coefficient (Wildman–Crippen LogP) is 3.17. The van der Waals surface area contributed by atoms with Crippen molar-refractivity contribution in [3.8, 4) is 5.75 Å². The van der Waals surface area contributed by atoms with Gasteiger partial charge in [-0.15, -0.1) is 13.2 Å². The zero-order chi connectivity index (χ0) is 21.3. The Hall–Kier alpha value is -2.77. The minimum absolute atomic E-state index is 0.0331. The maximum atomic E-state index is 13.6. The highest BCUT2D eigenvalue weighted by Gasteiger charge is 2.63. The number of amides is 1. The van der Waals surface area contributed by atoms with E-state index >= 15 is 0 Å². The average molecular weight is 431 g/mol. The molecule has 2 rings (SSSR count). The van der Waals surface area contributed by atoms with E-state index in [1.54, 1.807) is 5.32 Å². The number of methoxy groups -OCH3 is 1. The van der Waals surface area contributed by atoms with Gasteiger partial charge in [-0.1, -0.05) is 11.3 Å². The molecule has 2 aromatic rings. The Kier molecular flexibility index (Phi) is 5.64. The topological polar surface area (TPSA) is 89.5 Å². The van der Waals surface area contributed by atoms with Crippen molar-refractivity contribution in [2.24, 2.45) is 0 Å². The predicted molar refractivity (Wildman–Crippen MR) is 84.5 cm³/mol. The third-order valence-electron chi connectivity index (χ3n) is 3.17. The minimum atomic E-state index is -5.34. The number of carbonyl (C=O) groups is 2. The number of alkyl halides is 6. The molecule has 7 nitrogen and oxygen atoms in total. The third-order valence-corrected chi connectivity index (χ3v) is 4.10. The molecule has 0 aliphatic rings. The second-order valence-corrected chi connectivity index (χ2v) is 6.27. The van der Waals surface area contributed by atoms with Crippen LogP contribution < -0.4 is 15.4 Å². The van der Waals surface area contributed by atoms with Gasteiger partial charge in [0, 0.05) is 13.0 Å². The molecule has 0 saturated carbocycles. The molecule has 1 atom stereocenters. The van der Waals surface area contributed by atoms with Crippen LogP contribution in [0.1, 0.15) is 6.92 Å². The van der Waals surface area contributed by atoms with Gasteiger partial charge < -0.3 is 20.1 Å². The molecule has 1 aromatic heterocycles. The number of fused-ring (bicyclic) bond motifs is 1. The number of rotatable bonds is 5. The summed E-state index contributed by atoms with van der Waals surface area (Å²) >= 11 is 0.507. The van der Waals surface area contributed by atoms with Crippen LogP contribution in [0.15, 0.2) is 18.2 Å². The molecule has 0 saturated heterocycles. The Bertz CT molecular complexity index is 897. The fourth-order valence-electron chi connectivity index (χ4n) is 2.12. The fraction of sp³-hybridized carbons (Fsp3) is 0.357. The SMILES string of the molecule is COC(=O)[C@@](NC(C)=O)(Nc1nc2ccc(OC(F)(F)F)cc2s1)C(F)(F)F. The summed E-state index contributed by atoms with van der Waals surface area (Å²) in [6.07, 6.45) is -10.3. The first-order valence-electron chi connectivity index (χ1n) is 7.16. The van der Waals surface area contributed by atoms with Gasteiger partial charge in [-0.2, -0.15) is 13.2 Å². The Morgan fingerprint density at radius 2 is 1.79 bits per heavy atom. The van der Waals surface area contributed by atoms with E-state index in [4.69, 9.17) is 0 Å². The summed E-state index contributed by atoms with van der Waals surface area (Å²) in [5.41, 5.74) is -3.61. The van der Waals surface area contributed by atoms with Gasteiger partial charge in [0.05, 0.1) is 17.3 Å². The normalized spacial score (nSPS) is 14.3. The molecule has 0 unspecified atom stereocenters. The van der Waals surface area contributed by atoms with E-state index in [1.807, 2.05) is 0 Å². The maximum Gasteiger partial charge on any atom is 0.573 e. The van der Waals surface area contributed by atoms with Crippen LogP contribution in [0.2, 0.25) is 0 Å². The first-order chi connectivity index (χ1) is 12.8. The Morgan fingerprint density at radius 1 is 1.14 bits per heavy atom. The molecular formula is C14H11F6N3O4S. The Labute approximate surface area is 156 Å². The Balaban J connectivity index is 2.47. The lowest BCUT2D eigenvalue weighted by molar-refractivity contribution is -0.274. The monoisotopic (exact) mass is 431 g/mol. The lowest BCUT2D eigenvalue weighted by Crippen LogP contribution is -2.69. The molecule has 0 spiro atoms. The molecule has 2 N–H and O–H groups in total. The van der Waals surface area contributed by atoms with Crippen molar-refractivity contribution >= 4 is 38.6 Å². The zero-order valence-corrected chi connectivity index (χ0v) is 14.8. The number of aromatic nitrogens is 1. The summed E-state index contributed by atoms with van der Waals surface area (Å²) < 4.78 is 85.6. The molecular weight excluding hydrogens is 420 g/mol. The van der Waals surface area contributed by atoms with E-state index in [0.29, 0.717) is 18.4 Å². The highest BCUT2D eigenvalue weighted by atomic mass is 32.1. The van der Waals surface area contributed by atoms with Crippen LogP contribution in [-0.4, -0.2) is 42.2 Å². The number of nitrogens with zero attached hydrogens (tertiary/aromatic N) is 1. The van der Waals surface area contributed by atoms with Gasteiger partial charge in [0.2, 0.25) is 5.91 Å². The number of carbonyl (C=O) groups excluding carboxylic acids is 2. The van der Waals surface area contributed by atoms with Crippen LogP contribution in [0, 0.1) is 0 Å². The van der Waals surface area contributed by atoms with Gasteiger partial charge in [0.15, 0.2) is 5.13 Å². The van der Waals surface area contributed by atoms with Gasteiger partial charge in [-0.05, 0) is 12.1 Å². The molecule has 1 heterocycles. The lowest BCUT2D eigenvalue weighted by Gasteiger charge is -2.33. The summed E-state index contributed by atoms with van der Waals surface area (Å²) in [6.45, 7) is 0.754. The van der Waals surface area contributed by atoms with Crippen LogP contribution in [-0.2, 0) is 14.3 Å². The summed E-state index contributed by atoms with van der Waals surface area (Å²) in [4.78, 5) is 26.9. The smallest absolute Gasteiger partial charge is 0.466 e. The van der Waals surface area contributed by atoms with Crippen molar-refractivity contribution in [1.29, 1.82) is 0 Å². The van der Waals surface area contributed by atoms with Crippen molar-refractivity contribution in [2.45, 2.75) is 25.1 Å². The second-order valence-electron chi connectivity index (χ2n) is 5.24. The van der Waals surface area contributed by atoms with E-state index in [1.165, 1.54) is 5.32 Å². The molecule has 14 heteroatoms. The molecule has 0 fully saturated rings. The van der Waals surface area contributed by atoms with Gasteiger partial charge in [0.25, 0.3) is 0 Å². The molecule has 1 amide bonds. The molecule has 0 radical (unpaired) electrons. The third kappa shape index (κ3) is 4.55. The first kappa shape index (κ1) is 21.5. The Morgan fingerprint density at radius 3 is 2.29 bits per heavy atom. The van der Waals surface area contributed by atoms with E-state index < -0.39 is 41.0 Å². The summed E-state index contributed by atoms with van der Waals surface area (Å²) in [7, 11) is 0.686. The highest BCUT2D eigenvalue weighted by Crippen LogP contribution is 2.37. The van der Waals surface area contributed by atoms with Crippen LogP contribution in [0.4, 0.5) is 31.5 Å².